The number of nitrogens with zero attached hydrogens (tertiary/aromatic N) is 2. The van der Waals surface area contributed by atoms with Crippen molar-refractivity contribution < 1.29 is 9.63 Å². The number of rotatable bonds is 2. The molecule has 116 valence electrons. The third-order valence-corrected chi connectivity index (χ3v) is 3.89. The SMILES string of the molecule is Cc1cccc(C(=O)ON=C2CC(C)N(C)CC2C)c1.Cl. The van der Waals surface area contributed by atoms with Gasteiger partial charge in [0.2, 0.25) is 0 Å². The molecule has 2 atom stereocenters. The zero-order valence-electron chi connectivity index (χ0n) is 13.0. The van der Waals surface area contributed by atoms with Crippen molar-refractivity contribution in [3.8, 4) is 0 Å². The Morgan fingerprint density at radius 1 is 1.38 bits per heavy atom. The van der Waals surface area contributed by atoms with E-state index >= 15 is 0 Å². The lowest BCUT2D eigenvalue weighted by Gasteiger charge is -2.34. The van der Waals surface area contributed by atoms with Crippen LogP contribution in [0.15, 0.2) is 29.4 Å². The van der Waals surface area contributed by atoms with Crippen LogP contribution in [0.25, 0.3) is 0 Å². The molecule has 1 aromatic carbocycles. The first-order valence-electron chi connectivity index (χ1n) is 7.02. The van der Waals surface area contributed by atoms with E-state index in [1.807, 2.05) is 25.1 Å². The van der Waals surface area contributed by atoms with E-state index < -0.39 is 0 Å². The quantitative estimate of drug-likeness (QED) is 0.622. The molecule has 1 aliphatic heterocycles. The van der Waals surface area contributed by atoms with Gasteiger partial charge in [0.1, 0.15) is 0 Å². The Morgan fingerprint density at radius 2 is 2.10 bits per heavy atom. The summed E-state index contributed by atoms with van der Waals surface area (Å²) >= 11 is 0. The number of oxime groups is 1. The van der Waals surface area contributed by atoms with E-state index in [1.165, 1.54) is 0 Å². The highest BCUT2D eigenvalue weighted by atomic mass is 35.5. The molecule has 0 aliphatic carbocycles. The monoisotopic (exact) mass is 310 g/mol. The lowest BCUT2D eigenvalue weighted by molar-refractivity contribution is 0.0508. The summed E-state index contributed by atoms with van der Waals surface area (Å²) < 4.78 is 0. The Kier molecular flexibility index (Phi) is 6.37. The number of likely N-dealkylation sites (tertiary alicyclic amines) is 1. The van der Waals surface area contributed by atoms with Gasteiger partial charge in [-0.2, -0.15) is 0 Å². The van der Waals surface area contributed by atoms with Gasteiger partial charge in [-0.25, -0.2) is 4.79 Å². The summed E-state index contributed by atoms with van der Waals surface area (Å²) in [5.74, 6) is -0.0681. The molecule has 1 aromatic rings. The molecule has 2 rings (SSSR count). The van der Waals surface area contributed by atoms with Gasteiger partial charge in [-0.3, -0.25) is 0 Å². The number of benzene rings is 1. The minimum atomic E-state index is -0.389. The normalized spacial score (nSPS) is 24.5. The Hall–Kier alpha value is -1.39. The Bertz CT molecular complexity index is 531. The number of carbonyl (C=O) groups is 1. The molecule has 0 spiro atoms. The van der Waals surface area contributed by atoms with Crippen LogP contribution in [-0.4, -0.2) is 36.2 Å². The molecule has 0 aromatic heterocycles. The topological polar surface area (TPSA) is 41.9 Å². The molecule has 0 radical (unpaired) electrons. The average molecular weight is 311 g/mol. The third-order valence-electron chi connectivity index (χ3n) is 3.89. The van der Waals surface area contributed by atoms with E-state index in [2.05, 4.69) is 31.0 Å². The first kappa shape index (κ1) is 17.7. The van der Waals surface area contributed by atoms with Crippen molar-refractivity contribution in [1.29, 1.82) is 0 Å². The van der Waals surface area contributed by atoms with Gasteiger partial charge in [0.05, 0.1) is 11.3 Å². The molecule has 0 saturated carbocycles. The van der Waals surface area contributed by atoms with Crippen LogP contribution >= 0.6 is 12.4 Å². The van der Waals surface area contributed by atoms with Crippen LogP contribution in [0.3, 0.4) is 0 Å². The molecule has 1 aliphatic rings. The largest absolute Gasteiger partial charge is 0.365 e. The number of hydrogen-bond donors (Lipinski definition) is 0. The molecule has 0 N–H and O–H groups in total. The molecular formula is C16H23ClN2O2. The number of hydrogen-bond acceptors (Lipinski definition) is 4. The van der Waals surface area contributed by atoms with Crippen LogP contribution in [-0.2, 0) is 4.84 Å². The fraction of sp³-hybridized carbons (Fsp3) is 0.500. The molecule has 21 heavy (non-hydrogen) atoms. The number of carbonyl (C=O) groups excluding carboxylic acids is 1. The molecule has 5 heteroatoms. The predicted molar refractivity (Wildman–Crippen MR) is 87.2 cm³/mol. The molecule has 1 fully saturated rings. The molecule has 1 heterocycles. The van der Waals surface area contributed by atoms with Crippen molar-refractivity contribution in [3.63, 3.8) is 0 Å². The maximum atomic E-state index is 12.0. The van der Waals surface area contributed by atoms with E-state index in [4.69, 9.17) is 4.84 Å². The highest BCUT2D eigenvalue weighted by molar-refractivity contribution is 5.92. The number of halogens is 1. The second kappa shape index (κ2) is 7.57. The maximum absolute atomic E-state index is 12.0. The fourth-order valence-corrected chi connectivity index (χ4v) is 2.43. The smallest absolute Gasteiger partial charge is 0.313 e. The van der Waals surface area contributed by atoms with Crippen LogP contribution in [0.2, 0.25) is 0 Å². The molecule has 4 nitrogen and oxygen atoms in total. The summed E-state index contributed by atoms with van der Waals surface area (Å²) in [4.78, 5) is 19.4. The Morgan fingerprint density at radius 3 is 2.76 bits per heavy atom. The second-order valence-corrected chi connectivity index (χ2v) is 5.72. The third kappa shape index (κ3) is 4.55. The Labute approximate surface area is 132 Å². The average Bonchev–Trinajstić information content (AvgIpc) is 2.41. The minimum absolute atomic E-state index is 0. The predicted octanol–water partition coefficient (Wildman–Crippen LogP) is 3.29. The van der Waals surface area contributed by atoms with Gasteiger partial charge in [0.25, 0.3) is 0 Å². The van der Waals surface area contributed by atoms with Gasteiger partial charge >= 0.3 is 5.97 Å². The summed E-state index contributed by atoms with van der Waals surface area (Å²) in [6, 6.07) is 7.78. The number of piperidine rings is 1. The van der Waals surface area contributed by atoms with Gasteiger partial charge in [0, 0.05) is 24.9 Å². The van der Waals surface area contributed by atoms with Crippen molar-refractivity contribution in [2.45, 2.75) is 33.2 Å². The zero-order chi connectivity index (χ0) is 14.7. The summed E-state index contributed by atoms with van der Waals surface area (Å²) in [5.41, 5.74) is 2.55. The van der Waals surface area contributed by atoms with Gasteiger partial charge in [-0.1, -0.05) is 29.8 Å². The van der Waals surface area contributed by atoms with E-state index in [0.717, 1.165) is 24.2 Å². The van der Waals surface area contributed by atoms with Crippen molar-refractivity contribution in [2.75, 3.05) is 13.6 Å². The standard InChI is InChI=1S/C16H22N2O2.ClH/c1-11-6-5-7-14(8-11)16(19)20-17-15-9-13(3)18(4)10-12(15)2;/h5-8,12-13H,9-10H2,1-4H3;1H. The molecule has 0 amide bonds. The maximum Gasteiger partial charge on any atom is 0.365 e. The Balaban J connectivity index is 0.00000220. The van der Waals surface area contributed by atoms with Crippen LogP contribution in [0.5, 0.6) is 0 Å². The van der Waals surface area contributed by atoms with E-state index in [9.17, 15) is 4.79 Å². The highest BCUT2D eigenvalue weighted by Crippen LogP contribution is 2.18. The fourth-order valence-electron chi connectivity index (χ4n) is 2.43. The van der Waals surface area contributed by atoms with Crippen LogP contribution in [0.1, 0.15) is 36.2 Å². The molecular weight excluding hydrogens is 288 g/mol. The first-order valence-corrected chi connectivity index (χ1v) is 7.02. The summed E-state index contributed by atoms with van der Waals surface area (Å²) in [5, 5.41) is 4.10. The van der Waals surface area contributed by atoms with Gasteiger partial charge in [0.15, 0.2) is 0 Å². The van der Waals surface area contributed by atoms with Gasteiger partial charge in [-0.15, -0.1) is 12.4 Å². The van der Waals surface area contributed by atoms with Crippen molar-refractivity contribution >= 4 is 24.1 Å². The number of aryl methyl sites for hydroxylation is 1. The molecule has 0 bridgehead atoms. The lowest BCUT2D eigenvalue weighted by Crippen LogP contribution is -2.43. The van der Waals surface area contributed by atoms with Crippen molar-refractivity contribution in [3.05, 3.63) is 35.4 Å². The summed E-state index contributed by atoms with van der Waals surface area (Å²) in [7, 11) is 2.11. The summed E-state index contributed by atoms with van der Waals surface area (Å²) in [6.07, 6.45) is 0.846. The lowest BCUT2D eigenvalue weighted by atomic mass is 9.93. The molecule has 1 saturated heterocycles. The van der Waals surface area contributed by atoms with Crippen molar-refractivity contribution in [2.24, 2.45) is 11.1 Å². The van der Waals surface area contributed by atoms with E-state index in [0.29, 0.717) is 17.5 Å². The minimum Gasteiger partial charge on any atom is -0.313 e. The second-order valence-electron chi connectivity index (χ2n) is 5.72. The van der Waals surface area contributed by atoms with E-state index in [-0.39, 0.29) is 18.4 Å². The summed E-state index contributed by atoms with van der Waals surface area (Å²) in [6.45, 7) is 7.16. The van der Waals surface area contributed by atoms with Crippen LogP contribution < -0.4 is 0 Å². The van der Waals surface area contributed by atoms with Crippen molar-refractivity contribution in [1.82, 2.24) is 4.90 Å². The van der Waals surface area contributed by atoms with Crippen LogP contribution in [0, 0.1) is 12.8 Å². The first-order chi connectivity index (χ1) is 9.47. The van der Waals surface area contributed by atoms with Gasteiger partial charge < -0.3 is 9.74 Å². The van der Waals surface area contributed by atoms with Crippen LogP contribution in [0.4, 0.5) is 0 Å². The highest BCUT2D eigenvalue weighted by Gasteiger charge is 2.26. The zero-order valence-corrected chi connectivity index (χ0v) is 13.8. The van der Waals surface area contributed by atoms with E-state index in [1.54, 1.807) is 6.07 Å². The molecule has 2 unspecified atom stereocenters. The van der Waals surface area contributed by atoms with Gasteiger partial charge in [-0.05, 0) is 33.0 Å².